The molecule has 0 saturated carbocycles. The molecule has 6 aromatic rings. The van der Waals surface area contributed by atoms with E-state index in [1.165, 1.54) is 36.4 Å². The van der Waals surface area contributed by atoms with E-state index in [9.17, 15) is 8.78 Å². The molecule has 3 nitrogen and oxygen atoms in total. The molecule has 229 valence electrons. The molecule has 0 saturated heterocycles. The molecular weight excluding hydrogens is 747 g/mol. The summed E-state index contributed by atoms with van der Waals surface area (Å²) in [6, 6.07) is 21.2. The molecule has 0 fully saturated rings. The van der Waals surface area contributed by atoms with E-state index in [0.717, 1.165) is 10.8 Å². The van der Waals surface area contributed by atoms with Crippen molar-refractivity contribution in [2.75, 3.05) is 0 Å². The summed E-state index contributed by atoms with van der Waals surface area (Å²) in [5, 5.41) is 1.67. The van der Waals surface area contributed by atoms with Gasteiger partial charge in [0.15, 0.2) is 0 Å². The smallest absolute Gasteiger partial charge is 0.126 e. The minimum Gasteiger partial charge on any atom is -0.500 e. The van der Waals surface area contributed by atoms with Crippen LogP contribution in [0.2, 0.25) is 19.6 Å². The van der Waals surface area contributed by atoms with E-state index < -0.39 is 33.4 Å². The molecule has 3 aromatic heterocycles. The van der Waals surface area contributed by atoms with Crippen LogP contribution in [-0.4, -0.2) is 18.0 Å². The first kappa shape index (κ1) is 25.8. The zero-order chi connectivity index (χ0) is 36.1. The molecule has 0 aliphatic rings. The van der Waals surface area contributed by atoms with Crippen molar-refractivity contribution in [2.24, 2.45) is 0 Å². The van der Waals surface area contributed by atoms with Crippen LogP contribution in [0.4, 0.5) is 8.78 Å². The average Bonchev–Trinajstić information content (AvgIpc) is 3.39. The van der Waals surface area contributed by atoms with Crippen LogP contribution in [0, 0.1) is 37.5 Å². The second-order valence-electron chi connectivity index (χ2n) is 12.5. The topological polar surface area (TPSA) is 38.9 Å². The van der Waals surface area contributed by atoms with E-state index in [1.807, 2.05) is 12.1 Å². The van der Waals surface area contributed by atoms with Crippen LogP contribution in [0.3, 0.4) is 0 Å². The number of hydrogen-bond donors (Lipinski definition) is 0. The fraction of sp³-hybridized carbons (Fsp3) is 0.243. The van der Waals surface area contributed by atoms with E-state index in [4.69, 9.17) is 12.6 Å². The minimum atomic E-state index is -2.22. The summed E-state index contributed by atoms with van der Waals surface area (Å²) in [4.78, 5) is 8.80. The van der Waals surface area contributed by atoms with E-state index in [1.54, 1.807) is 24.5 Å². The van der Waals surface area contributed by atoms with Gasteiger partial charge in [-0.05, 0) is 58.0 Å². The molecule has 0 aliphatic carbocycles. The van der Waals surface area contributed by atoms with Crippen molar-refractivity contribution in [3.8, 4) is 22.5 Å². The molecular formula is C37H36F2IrN2OSi-2. The number of nitrogens with zero attached hydrogens (tertiary/aromatic N) is 2. The molecule has 0 bridgehead atoms. The van der Waals surface area contributed by atoms with Gasteiger partial charge in [0.25, 0.3) is 0 Å². The number of furan rings is 1. The second kappa shape index (κ2) is 12.8. The van der Waals surface area contributed by atoms with Gasteiger partial charge in [0.05, 0.1) is 13.7 Å². The van der Waals surface area contributed by atoms with Crippen LogP contribution in [0.15, 0.2) is 77.5 Å². The van der Waals surface area contributed by atoms with Crippen LogP contribution < -0.4 is 5.19 Å². The summed E-state index contributed by atoms with van der Waals surface area (Å²) in [5.41, 5.74) is 4.49. The van der Waals surface area contributed by atoms with Crippen molar-refractivity contribution in [1.82, 2.24) is 9.97 Å². The maximum Gasteiger partial charge on any atom is 0.126 e. The summed E-state index contributed by atoms with van der Waals surface area (Å²) in [6.07, 6.45) is 3.37. The molecule has 1 radical (unpaired) electrons. The molecule has 0 aliphatic heterocycles. The van der Waals surface area contributed by atoms with Gasteiger partial charge in [-0.3, -0.25) is 4.39 Å². The van der Waals surface area contributed by atoms with Crippen molar-refractivity contribution in [3.05, 3.63) is 114 Å². The number of pyridine rings is 2. The van der Waals surface area contributed by atoms with Gasteiger partial charge < -0.3 is 14.4 Å². The molecule has 44 heavy (non-hydrogen) atoms. The first-order valence-electron chi connectivity index (χ1n) is 16.9. The third kappa shape index (κ3) is 7.07. The van der Waals surface area contributed by atoms with Gasteiger partial charge in [0.2, 0.25) is 0 Å². The summed E-state index contributed by atoms with van der Waals surface area (Å²) >= 11 is 0. The molecule has 0 amide bonds. The standard InChI is InChI=1S/C21H16F2NO.C16H20NSi.Ir/c1-21(2,3)12-8-9-24-17(10-12)14-6-7-16(23)19-15-5-4-13(22)11-18(15)25-20(14)19;1-12-6-8-14(9-7-12)15-10-13(2)16(11-17-15)18(3,4)5;/h4-5,7-11H,1-3H3;6-8,10-11H,1-5H3;/q2*-1;/i;1D3,2D3;. The Morgan fingerprint density at radius 3 is 2.34 bits per heavy atom. The van der Waals surface area contributed by atoms with Crippen molar-refractivity contribution in [2.45, 2.75) is 59.5 Å². The Morgan fingerprint density at radius 1 is 0.886 bits per heavy atom. The largest absolute Gasteiger partial charge is 0.500 e. The zero-order valence-electron chi connectivity index (χ0n) is 31.3. The first-order chi connectivity index (χ1) is 22.6. The molecule has 6 rings (SSSR count). The number of aromatic nitrogens is 2. The molecule has 0 N–H and O–H groups in total. The molecule has 0 spiro atoms. The SMILES string of the molecule is CC(C)(C)c1ccnc(-c2[c-]cc(F)c3c2oc2cc(F)ccc23)c1.[2H]C([2H])([2H])c1c[c-]c(-c2cc(C([2H])([2H])[2H])c([Si](C)(C)C)cn2)cc1.[Ir]. The fourth-order valence-corrected chi connectivity index (χ4v) is 6.10. The summed E-state index contributed by atoms with van der Waals surface area (Å²) in [7, 11) is -1.85. The molecule has 3 aromatic carbocycles. The van der Waals surface area contributed by atoms with Crippen LogP contribution in [0.1, 0.15) is 45.7 Å². The predicted molar refractivity (Wildman–Crippen MR) is 175 cm³/mol. The third-order valence-electron chi connectivity index (χ3n) is 7.14. The van der Waals surface area contributed by atoms with Gasteiger partial charge in [-0.2, -0.15) is 0 Å². The normalized spacial score (nSPS) is 14.3. The quantitative estimate of drug-likeness (QED) is 0.133. The monoisotopic (exact) mass is 789 g/mol. The maximum absolute atomic E-state index is 14.4. The maximum atomic E-state index is 14.4. The van der Waals surface area contributed by atoms with Gasteiger partial charge >= 0.3 is 0 Å². The Kier molecular flexibility index (Phi) is 7.52. The fourth-order valence-electron chi connectivity index (χ4n) is 4.77. The number of hydrogen-bond acceptors (Lipinski definition) is 3. The van der Waals surface area contributed by atoms with Gasteiger partial charge in [-0.25, -0.2) is 4.39 Å². The Labute approximate surface area is 281 Å². The van der Waals surface area contributed by atoms with Crippen molar-refractivity contribution in [1.29, 1.82) is 0 Å². The van der Waals surface area contributed by atoms with E-state index >= 15 is 0 Å². The Bertz CT molecular complexity index is 2150. The second-order valence-corrected chi connectivity index (χ2v) is 17.5. The number of rotatable bonds is 3. The number of halogens is 2. The van der Waals surface area contributed by atoms with E-state index in [-0.39, 0.29) is 31.1 Å². The number of benzene rings is 3. The van der Waals surface area contributed by atoms with Gasteiger partial charge in [0, 0.05) is 58.0 Å². The number of fused-ring (bicyclic) bond motifs is 3. The van der Waals surface area contributed by atoms with Crippen LogP contribution >= 0.6 is 0 Å². The average molecular weight is 789 g/mol. The van der Waals surface area contributed by atoms with Crippen LogP contribution in [0.25, 0.3) is 44.5 Å². The van der Waals surface area contributed by atoms with E-state index in [2.05, 4.69) is 62.5 Å². The molecule has 3 heterocycles. The predicted octanol–water partition coefficient (Wildman–Crippen LogP) is 9.73. The van der Waals surface area contributed by atoms with Gasteiger partial charge in [-0.15, -0.1) is 47.5 Å². The summed E-state index contributed by atoms with van der Waals surface area (Å²) < 4.78 is 79.3. The first-order valence-corrected chi connectivity index (χ1v) is 17.4. The third-order valence-corrected chi connectivity index (χ3v) is 9.16. The van der Waals surface area contributed by atoms with Crippen molar-refractivity contribution >= 4 is 35.2 Å². The Hall–Kier alpha value is -3.51. The number of aryl methyl sites for hydroxylation is 2. The zero-order valence-corrected chi connectivity index (χ0v) is 28.7. The van der Waals surface area contributed by atoms with Gasteiger partial charge in [-0.1, -0.05) is 70.5 Å². The van der Waals surface area contributed by atoms with E-state index in [0.29, 0.717) is 50.0 Å². The molecule has 7 heteroatoms. The minimum absolute atomic E-state index is 0. The van der Waals surface area contributed by atoms with Crippen LogP contribution in [-0.2, 0) is 25.5 Å². The Morgan fingerprint density at radius 2 is 1.68 bits per heavy atom. The molecule has 0 unspecified atom stereocenters. The summed E-state index contributed by atoms with van der Waals surface area (Å²) in [5.74, 6) is -0.874. The van der Waals surface area contributed by atoms with Crippen LogP contribution in [0.5, 0.6) is 0 Å². The van der Waals surface area contributed by atoms with Crippen molar-refractivity contribution in [3.63, 3.8) is 0 Å². The summed E-state index contributed by atoms with van der Waals surface area (Å²) in [6.45, 7) is 8.17. The Balaban J connectivity index is 0.000000221. The van der Waals surface area contributed by atoms with Gasteiger partial charge in [0.1, 0.15) is 11.4 Å². The van der Waals surface area contributed by atoms with Crippen molar-refractivity contribution < 1.29 is 41.5 Å². The molecule has 0 atom stereocenters.